The fourth-order valence-corrected chi connectivity index (χ4v) is 1.18. The average molecular weight is 187 g/mol. The minimum atomic E-state index is -0.409. The van der Waals surface area contributed by atoms with Gasteiger partial charge in [-0.25, -0.2) is 9.69 Å². The second-order valence-corrected chi connectivity index (χ2v) is 2.52. The molecule has 3 amide bonds. The molecule has 0 aliphatic carbocycles. The van der Waals surface area contributed by atoms with Crippen LogP contribution in [0.25, 0.3) is 0 Å². The van der Waals surface area contributed by atoms with Crippen LogP contribution in [0, 0.1) is 12.3 Å². The molecule has 0 aromatic heterocycles. The minimum absolute atomic E-state index is 0.0375. The molecule has 1 saturated heterocycles. The fraction of sp³-hybridized carbons (Fsp3) is 0.429. The van der Waals surface area contributed by atoms with Crippen LogP contribution in [-0.4, -0.2) is 40.8 Å². The van der Waals surface area contributed by atoms with E-state index >= 15 is 0 Å². The first kappa shape index (κ1) is 8.88. The molecule has 1 rings (SSSR count). The van der Waals surface area contributed by atoms with Crippen LogP contribution < -0.4 is 0 Å². The van der Waals surface area contributed by atoms with E-state index in [1.54, 1.807) is 0 Å². The van der Waals surface area contributed by atoms with Crippen LogP contribution in [0.5, 0.6) is 0 Å². The van der Waals surface area contributed by atoms with Gasteiger partial charge in [0.2, 0.25) is 0 Å². The van der Waals surface area contributed by atoms with Crippen LogP contribution in [0.3, 0.4) is 0 Å². The van der Waals surface area contributed by atoms with E-state index in [9.17, 15) is 9.59 Å². The Morgan fingerprint density at radius 1 is 1.58 bits per heavy atom. The summed E-state index contributed by atoms with van der Waals surface area (Å²) in [6, 6.07) is -0.522. The second-order valence-electron chi connectivity index (χ2n) is 2.28. The van der Waals surface area contributed by atoms with Gasteiger partial charge in [0.15, 0.2) is 0 Å². The van der Waals surface area contributed by atoms with Crippen LogP contribution in [0.15, 0.2) is 0 Å². The van der Waals surface area contributed by atoms with Gasteiger partial charge in [0.1, 0.15) is 12.5 Å². The molecule has 0 aromatic rings. The topological polar surface area (TPSA) is 40.6 Å². The van der Waals surface area contributed by atoms with Gasteiger partial charge in [0.25, 0.3) is 5.91 Å². The molecule has 12 heavy (non-hydrogen) atoms. The number of rotatable bonds is 2. The summed E-state index contributed by atoms with van der Waals surface area (Å²) in [5, 5.41) is 0. The quantitative estimate of drug-likeness (QED) is 0.265. The molecule has 64 valence electrons. The van der Waals surface area contributed by atoms with Gasteiger partial charge in [0, 0.05) is 0 Å². The summed E-state index contributed by atoms with van der Waals surface area (Å²) in [6.07, 6.45) is 5.00. The van der Waals surface area contributed by atoms with Gasteiger partial charge < -0.3 is 4.90 Å². The fourth-order valence-electron chi connectivity index (χ4n) is 0.945. The van der Waals surface area contributed by atoms with Crippen molar-refractivity contribution >= 4 is 23.5 Å². The minimum Gasteiger partial charge on any atom is -0.304 e. The molecule has 1 aliphatic rings. The Balaban J connectivity index is 2.70. The van der Waals surface area contributed by atoms with E-state index in [0.29, 0.717) is 0 Å². The summed E-state index contributed by atoms with van der Waals surface area (Å²) in [4.78, 5) is 24.4. The number of alkyl halides is 1. The molecule has 0 saturated carbocycles. The van der Waals surface area contributed by atoms with E-state index in [2.05, 4.69) is 5.92 Å². The highest BCUT2D eigenvalue weighted by Gasteiger charge is 2.34. The lowest BCUT2D eigenvalue weighted by Gasteiger charge is -2.11. The van der Waals surface area contributed by atoms with Crippen molar-refractivity contribution in [3.05, 3.63) is 0 Å². The van der Waals surface area contributed by atoms with Gasteiger partial charge in [-0.3, -0.25) is 4.79 Å². The monoisotopic (exact) mass is 186 g/mol. The number of urea groups is 1. The van der Waals surface area contributed by atoms with Crippen molar-refractivity contribution < 1.29 is 9.59 Å². The smallest absolute Gasteiger partial charge is 0.304 e. The largest absolute Gasteiger partial charge is 0.329 e. The van der Waals surface area contributed by atoms with Gasteiger partial charge in [-0.1, -0.05) is 5.92 Å². The summed E-state index contributed by atoms with van der Waals surface area (Å²) in [5.41, 5.74) is 0. The van der Waals surface area contributed by atoms with E-state index in [-0.39, 0.29) is 25.0 Å². The third-order valence-corrected chi connectivity index (χ3v) is 1.77. The van der Waals surface area contributed by atoms with Crippen molar-refractivity contribution in [3.8, 4) is 12.3 Å². The molecule has 1 aliphatic heterocycles. The summed E-state index contributed by atoms with van der Waals surface area (Å²) >= 11 is 5.37. The van der Waals surface area contributed by atoms with Crippen LogP contribution in [0.4, 0.5) is 4.79 Å². The Morgan fingerprint density at radius 2 is 2.25 bits per heavy atom. The van der Waals surface area contributed by atoms with Crippen LogP contribution in [0.1, 0.15) is 0 Å². The number of nitrogens with zero attached hydrogens (tertiary/aromatic N) is 2. The average Bonchev–Trinajstić information content (AvgIpc) is 2.29. The van der Waals surface area contributed by atoms with Crippen LogP contribution >= 0.6 is 11.6 Å². The molecule has 0 bridgehead atoms. The number of terminal acetylenes is 1. The van der Waals surface area contributed by atoms with E-state index in [0.717, 1.165) is 4.90 Å². The molecule has 0 aromatic carbocycles. The van der Waals surface area contributed by atoms with E-state index < -0.39 is 6.03 Å². The zero-order chi connectivity index (χ0) is 9.14. The third-order valence-electron chi connectivity index (χ3n) is 1.53. The maximum absolute atomic E-state index is 11.2. The van der Waals surface area contributed by atoms with Gasteiger partial charge in [0.05, 0.1) is 6.54 Å². The Kier molecular flexibility index (Phi) is 2.56. The number of hydrogen-bond donors (Lipinski definition) is 0. The van der Waals surface area contributed by atoms with E-state index in [4.69, 9.17) is 18.0 Å². The first-order valence-electron chi connectivity index (χ1n) is 3.29. The molecule has 1 fully saturated rings. The summed E-state index contributed by atoms with van der Waals surface area (Å²) < 4.78 is 0. The Labute approximate surface area is 75.1 Å². The van der Waals surface area contributed by atoms with E-state index in [1.165, 1.54) is 4.90 Å². The highest BCUT2D eigenvalue weighted by Crippen LogP contribution is 2.09. The predicted octanol–water partition coefficient (Wildman–Crippen LogP) is 0.0801. The van der Waals surface area contributed by atoms with Crippen molar-refractivity contribution in [2.75, 3.05) is 19.1 Å². The molecular formula is C7H7ClN2O2. The second kappa shape index (κ2) is 3.46. The standard InChI is InChI=1S/C7H7ClN2O2/c1-2-3-9-4-6(11)10(5-8)7(9)12/h1H,3-5H2. The Bertz CT molecular complexity index is 259. The maximum Gasteiger partial charge on any atom is 0.329 e. The highest BCUT2D eigenvalue weighted by molar-refractivity contribution is 6.21. The lowest BCUT2D eigenvalue weighted by atomic mass is 10.5. The van der Waals surface area contributed by atoms with E-state index in [1.807, 2.05) is 0 Å². The molecule has 0 atom stereocenters. The summed E-state index contributed by atoms with van der Waals surface area (Å²) in [7, 11) is 0. The lowest BCUT2D eigenvalue weighted by Crippen LogP contribution is -2.32. The molecule has 1 heterocycles. The molecule has 0 radical (unpaired) electrons. The first-order valence-corrected chi connectivity index (χ1v) is 3.83. The molecule has 0 spiro atoms. The zero-order valence-electron chi connectivity index (χ0n) is 6.29. The summed E-state index contributed by atoms with van der Waals surface area (Å²) in [5.74, 6) is 1.99. The molecule has 4 nitrogen and oxygen atoms in total. The van der Waals surface area contributed by atoms with Crippen molar-refractivity contribution in [2.45, 2.75) is 0 Å². The van der Waals surface area contributed by atoms with Crippen molar-refractivity contribution in [1.29, 1.82) is 0 Å². The number of imide groups is 1. The molecule has 0 N–H and O–H groups in total. The maximum atomic E-state index is 11.2. The number of hydrogen-bond acceptors (Lipinski definition) is 2. The van der Waals surface area contributed by atoms with Crippen molar-refractivity contribution in [3.63, 3.8) is 0 Å². The molecule has 0 unspecified atom stereocenters. The van der Waals surface area contributed by atoms with Crippen LogP contribution in [0.2, 0.25) is 0 Å². The highest BCUT2D eigenvalue weighted by atomic mass is 35.5. The summed E-state index contributed by atoms with van der Waals surface area (Å²) in [6.45, 7) is 0.188. The zero-order valence-corrected chi connectivity index (χ0v) is 7.04. The Morgan fingerprint density at radius 3 is 2.67 bits per heavy atom. The van der Waals surface area contributed by atoms with Crippen molar-refractivity contribution in [2.24, 2.45) is 0 Å². The van der Waals surface area contributed by atoms with Gasteiger partial charge in [-0.05, 0) is 0 Å². The van der Waals surface area contributed by atoms with Crippen molar-refractivity contribution in [1.82, 2.24) is 9.80 Å². The number of carbonyl (C=O) groups excluding carboxylic acids is 2. The normalized spacial score (nSPS) is 17.0. The van der Waals surface area contributed by atoms with Gasteiger partial charge in [-0.15, -0.1) is 18.0 Å². The predicted molar refractivity (Wildman–Crippen MR) is 43.4 cm³/mol. The number of carbonyl (C=O) groups is 2. The van der Waals surface area contributed by atoms with Gasteiger partial charge in [-0.2, -0.15) is 0 Å². The van der Waals surface area contributed by atoms with Crippen LogP contribution in [-0.2, 0) is 4.79 Å². The molecule has 5 heteroatoms. The number of amides is 3. The lowest BCUT2D eigenvalue weighted by molar-refractivity contribution is -0.124. The SMILES string of the molecule is C#CCN1CC(=O)N(CCl)C1=O. The molecular weight excluding hydrogens is 180 g/mol. The van der Waals surface area contributed by atoms with Gasteiger partial charge >= 0.3 is 6.03 Å². The Hall–Kier alpha value is -1.21. The third kappa shape index (κ3) is 1.36. The first-order chi connectivity index (χ1) is 5.70. The number of halogens is 1.